The van der Waals surface area contributed by atoms with Crippen LogP contribution in [-0.2, 0) is 4.74 Å². The number of nitrogens with zero attached hydrogens (tertiary/aromatic N) is 4. The van der Waals surface area contributed by atoms with Crippen molar-refractivity contribution in [2.45, 2.75) is 33.3 Å². The number of benzene rings is 1. The molecule has 7 heteroatoms. The van der Waals surface area contributed by atoms with Gasteiger partial charge in [-0.05, 0) is 52.0 Å². The summed E-state index contributed by atoms with van der Waals surface area (Å²) in [6.45, 7) is 10.3. The van der Waals surface area contributed by atoms with Crippen molar-refractivity contribution in [2.24, 2.45) is 0 Å². The van der Waals surface area contributed by atoms with Crippen LogP contribution in [0.25, 0.3) is 0 Å². The highest BCUT2D eigenvalue weighted by Crippen LogP contribution is 2.25. The lowest BCUT2D eigenvalue weighted by atomic mass is 10.2. The van der Waals surface area contributed by atoms with Gasteiger partial charge in [0.05, 0.1) is 5.69 Å². The molecule has 1 aliphatic heterocycles. The number of aryl methyl sites for hydroxylation is 1. The van der Waals surface area contributed by atoms with Crippen molar-refractivity contribution < 1.29 is 14.3 Å². The van der Waals surface area contributed by atoms with E-state index < -0.39 is 5.60 Å². The fourth-order valence-electron chi connectivity index (χ4n) is 2.81. The monoisotopic (exact) mass is 370 g/mol. The molecule has 3 rings (SSSR count). The maximum Gasteiger partial charge on any atom is 0.410 e. The lowest BCUT2D eigenvalue weighted by molar-refractivity contribution is 0.0240. The summed E-state index contributed by atoms with van der Waals surface area (Å²) in [5.74, 6) is 1.23. The Labute approximate surface area is 159 Å². The highest BCUT2D eigenvalue weighted by atomic mass is 16.6. The smallest absolute Gasteiger partial charge is 0.410 e. The molecule has 1 amide bonds. The molecule has 27 heavy (non-hydrogen) atoms. The van der Waals surface area contributed by atoms with Gasteiger partial charge in [0, 0.05) is 44.3 Å². The first kappa shape index (κ1) is 18.9. The minimum atomic E-state index is -0.467. The number of ether oxygens (including phenoxy) is 2. The van der Waals surface area contributed by atoms with E-state index in [1.807, 2.05) is 52.0 Å². The van der Waals surface area contributed by atoms with Gasteiger partial charge in [0.2, 0.25) is 5.88 Å². The second kappa shape index (κ2) is 7.82. The average molecular weight is 370 g/mol. The molecular formula is C20H26N4O3. The van der Waals surface area contributed by atoms with Crippen LogP contribution in [0.15, 0.2) is 36.7 Å². The molecule has 1 saturated heterocycles. The first-order valence-electron chi connectivity index (χ1n) is 9.10. The molecule has 1 aliphatic rings. The molecule has 0 N–H and O–H groups in total. The summed E-state index contributed by atoms with van der Waals surface area (Å²) in [6.07, 6.45) is 3.01. The Kier molecular flexibility index (Phi) is 5.48. The molecule has 0 bridgehead atoms. The van der Waals surface area contributed by atoms with Gasteiger partial charge in [-0.2, -0.15) is 0 Å². The van der Waals surface area contributed by atoms with Crippen molar-refractivity contribution in [1.29, 1.82) is 0 Å². The topological polar surface area (TPSA) is 67.8 Å². The van der Waals surface area contributed by atoms with Crippen LogP contribution < -0.4 is 9.64 Å². The number of amides is 1. The van der Waals surface area contributed by atoms with Crippen LogP contribution in [0.2, 0.25) is 0 Å². The highest BCUT2D eigenvalue weighted by Gasteiger charge is 2.25. The van der Waals surface area contributed by atoms with Gasteiger partial charge in [0.15, 0.2) is 0 Å². The molecule has 7 nitrogen and oxygen atoms in total. The number of hydrogen-bond donors (Lipinski definition) is 0. The summed E-state index contributed by atoms with van der Waals surface area (Å²) in [6, 6.07) is 7.88. The molecule has 2 heterocycles. The van der Waals surface area contributed by atoms with Gasteiger partial charge in [-0.3, -0.25) is 4.98 Å². The van der Waals surface area contributed by atoms with Gasteiger partial charge < -0.3 is 19.3 Å². The molecule has 2 aromatic rings. The van der Waals surface area contributed by atoms with E-state index in [4.69, 9.17) is 9.47 Å². The normalized spacial score (nSPS) is 14.8. The van der Waals surface area contributed by atoms with E-state index in [0.717, 1.165) is 30.2 Å². The van der Waals surface area contributed by atoms with Crippen molar-refractivity contribution in [1.82, 2.24) is 14.9 Å². The van der Waals surface area contributed by atoms with Gasteiger partial charge in [0.25, 0.3) is 0 Å². The van der Waals surface area contributed by atoms with Crippen LogP contribution in [0.5, 0.6) is 11.6 Å². The second-order valence-corrected chi connectivity index (χ2v) is 7.50. The predicted molar refractivity (Wildman–Crippen MR) is 103 cm³/mol. The third-order valence-electron chi connectivity index (χ3n) is 4.18. The van der Waals surface area contributed by atoms with Gasteiger partial charge >= 0.3 is 6.09 Å². The molecule has 1 fully saturated rings. The predicted octanol–water partition coefficient (Wildman–Crippen LogP) is 3.63. The van der Waals surface area contributed by atoms with Crippen LogP contribution in [-0.4, -0.2) is 52.7 Å². The van der Waals surface area contributed by atoms with E-state index in [9.17, 15) is 4.79 Å². The summed E-state index contributed by atoms with van der Waals surface area (Å²) in [5, 5.41) is 0. The Morgan fingerprint density at radius 1 is 1.00 bits per heavy atom. The van der Waals surface area contributed by atoms with Crippen molar-refractivity contribution in [3.63, 3.8) is 0 Å². The Morgan fingerprint density at radius 2 is 1.63 bits per heavy atom. The SMILES string of the molecule is Cc1nccnc1Oc1ccc(N2CCN(C(=O)OC(C)(C)C)CC2)cc1. The molecular weight excluding hydrogens is 344 g/mol. The number of aromatic nitrogens is 2. The zero-order chi connectivity index (χ0) is 19.4. The molecule has 0 aliphatic carbocycles. The highest BCUT2D eigenvalue weighted by molar-refractivity contribution is 5.68. The molecule has 0 atom stereocenters. The van der Waals surface area contributed by atoms with Crippen molar-refractivity contribution in [2.75, 3.05) is 31.1 Å². The first-order valence-corrected chi connectivity index (χ1v) is 9.10. The van der Waals surface area contributed by atoms with Gasteiger partial charge in [-0.1, -0.05) is 0 Å². The summed E-state index contributed by atoms with van der Waals surface area (Å²) >= 11 is 0. The fourth-order valence-corrected chi connectivity index (χ4v) is 2.81. The third kappa shape index (κ3) is 5.09. The largest absolute Gasteiger partial charge is 0.444 e. The summed E-state index contributed by atoms with van der Waals surface area (Å²) in [5.41, 5.74) is 1.38. The Balaban J connectivity index is 1.56. The average Bonchev–Trinajstić information content (AvgIpc) is 2.63. The van der Waals surface area contributed by atoms with Gasteiger partial charge in [-0.25, -0.2) is 9.78 Å². The van der Waals surface area contributed by atoms with Crippen LogP contribution in [0.4, 0.5) is 10.5 Å². The third-order valence-corrected chi connectivity index (χ3v) is 4.18. The molecule has 0 spiro atoms. The molecule has 0 saturated carbocycles. The maximum absolute atomic E-state index is 12.2. The van der Waals surface area contributed by atoms with E-state index in [0.29, 0.717) is 19.0 Å². The van der Waals surface area contributed by atoms with E-state index >= 15 is 0 Å². The minimum Gasteiger partial charge on any atom is -0.444 e. The summed E-state index contributed by atoms with van der Waals surface area (Å²) < 4.78 is 11.2. The maximum atomic E-state index is 12.2. The standard InChI is InChI=1S/C20H26N4O3/c1-15-18(22-10-9-21-15)26-17-7-5-16(6-8-17)23-11-13-24(14-12-23)19(25)27-20(2,3)4/h5-10H,11-14H2,1-4H3. The number of carbonyl (C=O) groups is 1. The Bertz CT molecular complexity index is 779. The number of hydrogen-bond acceptors (Lipinski definition) is 6. The lowest BCUT2D eigenvalue weighted by Gasteiger charge is -2.36. The number of anilines is 1. The summed E-state index contributed by atoms with van der Waals surface area (Å²) in [4.78, 5) is 24.5. The molecule has 1 aromatic carbocycles. The first-order chi connectivity index (χ1) is 12.8. The fraction of sp³-hybridized carbons (Fsp3) is 0.450. The zero-order valence-electron chi connectivity index (χ0n) is 16.3. The number of carbonyl (C=O) groups excluding carboxylic acids is 1. The van der Waals surface area contributed by atoms with Crippen LogP contribution in [0.1, 0.15) is 26.5 Å². The molecule has 0 radical (unpaired) electrons. The molecule has 144 valence electrons. The van der Waals surface area contributed by atoms with Crippen LogP contribution >= 0.6 is 0 Å². The van der Waals surface area contributed by atoms with Crippen LogP contribution in [0.3, 0.4) is 0 Å². The molecule has 1 aromatic heterocycles. The van der Waals surface area contributed by atoms with E-state index in [1.54, 1.807) is 17.3 Å². The zero-order valence-corrected chi connectivity index (χ0v) is 16.3. The van der Waals surface area contributed by atoms with Gasteiger partial charge in [0.1, 0.15) is 11.4 Å². The van der Waals surface area contributed by atoms with E-state index in [1.165, 1.54) is 0 Å². The van der Waals surface area contributed by atoms with Gasteiger partial charge in [-0.15, -0.1) is 0 Å². The number of piperazine rings is 1. The minimum absolute atomic E-state index is 0.245. The van der Waals surface area contributed by atoms with Crippen molar-refractivity contribution >= 4 is 11.8 Å². The Hall–Kier alpha value is -2.83. The van der Waals surface area contributed by atoms with E-state index in [-0.39, 0.29) is 6.09 Å². The molecule has 0 unspecified atom stereocenters. The second-order valence-electron chi connectivity index (χ2n) is 7.50. The quantitative estimate of drug-likeness (QED) is 0.822. The van der Waals surface area contributed by atoms with Crippen molar-refractivity contribution in [3.8, 4) is 11.6 Å². The lowest BCUT2D eigenvalue weighted by Crippen LogP contribution is -2.50. The van der Waals surface area contributed by atoms with Crippen LogP contribution in [0, 0.1) is 6.92 Å². The summed E-state index contributed by atoms with van der Waals surface area (Å²) in [7, 11) is 0. The number of rotatable bonds is 3. The Morgan fingerprint density at radius 3 is 2.22 bits per heavy atom. The van der Waals surface area contributed by atoms with Crippen molar-refractivity contribution in [3.05, 3.63) is 42.4 Å². The van der Waals surface area contributed by atoms with E-state index in [2.05, 4.69) is 14.9 Å².